The number of hydrogen-bond donors (Lipinski definition) is 1. The standard InChI is InChI=1S/C10H13N/c1-7-9-5-3-2-4-8(9)6-10(7)11/h2-5,7,10H,6,11H2,1H3/t7-,10+/m1/s1. The molecular weight excluding hydrogens is 134 g/mol. The predicted octanol–water partition coefficient (Wildman–Crippen LogP) is 1.67. The first-order valence-corrected chi connectivity index (χ1v) is 4.12. The maximum Gasteiger partial charge on any atom is 0.0146 e. The van der Waals surface area contributed by atoms with Crippen LogP contribution >= 0.6 is 0 Å². The van der Waals surface area contributed by atoms with Crippen LogP contribution < -0.4 is 5.73 Å². The van der Waals surface area contributed by atoms with Gasteiger partial charge in [-0.25, -0.2) is 0 Å². The molecule has 11 heavy (non-hydrogen) atoms. The third-order valence-corrected chi connectivity index (χ3v) is 2.64. The molecule has 0 spiro atoms. The van der Waals surface area contributed by atoms with Gasteiger partial charge in [0, 0.05) is 6.04 Å². The highest BCUT2D eigenvalue weighted by atomic mass is 14.7. The molecule has 0 saturated carbocycles. The molecule has 1 aliphatic rings. The highest BCUT2D eigenvalue weighted by molar-refractivity contribution is 5.36. The van der Waals surface area contributed by atoms with E-state index in [9.17, 15) is 0 Å². The van der Waals surface area contributed by atoms with Crippen molar-refractivity contribution in [2.24, 2.45) is 5.73 Å². The summed E-state index contributed by atoms with van der Waals surface area (Å²) in [5.41, 5.74) is 8.81. The van der Waals surface area contributed by atoms with Crippen molar-refractivity contribution in [3.63, 3.8) is 0 Å². The average molecular weight is 147 g/mol. The van der Waals surface area contributed by atoms with Crippen LogP contribution in [0.15, 0.2) is 24.3 Å². The summed E-state index contributed by atoms with van der Waals surface area (Å²) >= 11 is 0. The van der Waals surface area contributed by atoms with E-state index in [2.05, 4.69) is 31.2 Å². The zero-order chi connectivity index (χ0) is 7.84. The van der Waals surface area contributed by atoms with Crippen LogP contribution in [0.5, 0.6) is 0 Å². The molecule has 0 heterocycles. The number of rotatable bonds is 0. The van der Waals surface area contributed by atoms with Crippen LogP contribution in [0.4, 0.5) is 0 Å². The summed E-state index contributed by atoms with van der Waals surface area (Å²) in [6.07, 6.45) is 1.05. The van der Waals surface area contributed by atoms with Crippen LogP contribution in [0.25, 0.3) is 0 Å². The second kappa shape index (κ2) is 2.35. The zero-order valence-corrected chi connectivity index (χ0v) is 6.75. The fraction of sp³-hybridized carbons (Fsp3) is 0.400. The van der Waals surface area contributed by atoms with Crippen molar-refractivity contribution in [1.82, 2.24) is 0 Å². The molecule has 1 nitrogen and oxygen atoms in total. The lowest BCUT2D eigenvalue weighted by Gasteiger charge is -2.08. The lowest BCUT2D eigenvalue weighted by molar-refractivity contribution is 0.615. The van der Waals surface area contributed by atoms with E-state index in [0.29, 0.717) is 12.0 Å². The first-order valence-electron chi connectivity index (χ1n) is 4.12. The van der Waals surface area contributed by atoms with Crippen molar-refractivity contribution < 1.29 is 0 Å². The van der Waals surface area contributed by atoms with Crippen molar-refractivity contribution >= 4 is 0 Å². The first-order chi connectivity index (χ1) is 5.29. The lowest BCUT2D eigenvalue weighted by atomic mass is 10.0. The van der Waals surface area contributed by atoms with E-state index in [1.54, 1.807) is 0 Å². The van der Waals surface area contributed by atoms with Crippen LogP contribution in [0, 0.1) is 0 Å². The molecule has 2 atom stereocenters. The molecule has 0 aliphatic heterocycles. The summed E-state index contributed by atoms with van der Waals surface area (Å²) in [4.78, 5) is 0. The van der Waals surface area contributed by atoms with Crippen LogP contribution in [0.3, 0.4) is 0 Å². The van der Waals surface area contributed by atoms with Gasteiger partial charge < -0.3 is 5.73 Å². The van der Waals surface area contributed by atoms with Gasteiger partial charge in [0.05, 0.1) is 0 Å². The number of nitrogens with two attached hydrogens (primary N) is 1. The Morgan fingerprint density at radius 1 is 1.36 bits per heavy atom. The summed E-state index contributed by atoms with van der Waals surface area (Å²) in [5, 5.41) is 0. The van der Waals surface area contributed by atoms with Gasteiger partial charge in [0.15, 0.2) is 0 Å². The van der Waals surface area contributed by atoms with E-state index in [1.807, 2.05) is 0 Å². The number of hydrogen-bond acceptors (Lipinski definition) is 1. The Kier molecular flexibility index (Phi) is 1.46. The van der Waals surface area contributed by atoms with Crippen molar-refractivity contribution in [3.8, 4) is 0 Å². The molecule has 0 bridgehead atoms. The Labute approximate surface area is 67.2 Å². The van der Waals surface area contributed by atoms with Gasteiger partial charge in [-0.05, 0) is 23.5 Å². The van der Waals surface area contributed by atoms with E-state index in [1.165, 1.54) is 11.1 Å². The van der Waals surface area contributed by atoms with Crippen LogP contribution in [0.1, 0.15) is 24.0 Å². The Balaban J connectivity index is 2.47. The molecule has 1 aliphatic carbocycles. The maximum absolute atomic E-state index is 5.93. The average Bonchev–Trinajstić information content (AvgIpc) is 2.30. The summed E-state index contributed by atoms with van der Waals surface area (Å²) in [6, 6.07) is 8.88. The SMILES string of the molecule is C[C@@H]1c2ccccc2C[C@@H]1N. The molecular formula is C10H13N. The minimum absolute atomic E-state index is 0.340. The molecule has 1 aromatic carbocycles. The smallest absolute Gasteiger partial charge is 0.0146 e. The van der Waals surface area contributed by atoms with Gasteiger partial charge in [0.1, 0.15) is 0 Å². The second-order valence-corrected chi connectivity index (χ2v) is 3.36. The van der Waals surface area contributed by atoms with Gasteiger partial charge in [0.25, 0.3) is 0 Å². The lowest BCUT2D eigenvalue weighted by Crippen LogP contribution is -2.22. The highest BCUT2D eigenvalue weighted by Crippen LogP contribution is 2.30. The summed E-state index contributed by atoms with van der Waals surface area (Å²) in [6.45, 7) is 2.20. The minimum Gasteiger partial charge on any atom is -0.327 e. The molecule has 0 aromatic heterocycles. The second-order valence-electron chi connectivity index (χ2n) is 3.36. The summed E-state index contributed by atoms with van der Waals surface area (Å²) < 4.78 is 0. The van der Waals surface area contributed by atoms with E-state index < -0.39 is 0 Å². The maximum atomic E-state index is 5.93. The molecule has 0 saturated heterocycles. The van der Waals surface area contributed by atoms with E-state index in [0.717, 1.165) is 6.42 Å². The molecule has 1 aromatic rings. The predicted molar refractivity (Wildman–Crippen MR) is 46.5 cm³/mol. The molecule has 0 fully saturated rings. The zero-order valence-electron chi connectivity index (χ0n) is 6.75. The fourth-order valence-electron chi connectivity index (χ4n) is 1.83. The summed E-state index contributed by atoms with van der Waals surface area (Å²) in [5.74, 6) is 0.547. The third-order valence-electron chi connectivity index (χ3n) is 2.64. The van der Waals surface area contributed by atoms with Crippen LogP contribution in [-0.4, -0.2) is 6.04 Å². The van der Waals surface area contributed by atoms with Crippen molar-refractivity contribution in [2.45, 2.75) is 25.3 Å². The molecule has 0 amide bonds. The quantitative estimate of drug-likeness (QED) is 0.593. The van der Waals surface area contributed by atoms with E-state index in [-0.39, 0.29) is 0 Å². The third kappa shape index (κ3) is 0.962. The monoisotopic (exact) mass is 147 g/mol. The molecule has 1 heteroatoms. The number of fused-ring (bicyclic) bond motifs is 1. The van der Waals surface area contributed by atoms with Gasteiger partial charge in [0.2, 0.25) is 0 Å². The Morgan fingerprint density at radius 3 is 2.82 bits per heavy atom. The Bertz CT molecular complexity index is 267. The topological polar surface area (TPSA) is 26.0 Å². The van der Waals surface area contributed by atoms with Crippen molar-refractivity contribution in [1.29, 1.82) is 0 Å². The fourth-order valence-corrected chi connectivity index (χ4v) is 1.83. The Morgan fingerprint density at radius 2 is 2.09 bits per heavy atom. The molecule has 0 radical (unpaired) electrons. The Hall–Kier alpha value is -0.820. The molecule has 2 N–H and O–H groups in total. The van der Waals surface area contributed by atoms with E-state index >= 15 is 0 Å². The largest absolute Gasteiger partial charge is 0.327 e. The molecule has 0 unspecified atom stereocenters. The van der Waals surface area contributed by atoms with E-state index in [4.69, 9.17) is 5.73 Å². The number of benzene rings is 1. The molecule has 2 rings (SSSR count). The van der Waals surface area contributed by atoms with Gasteiger partial charge in [-0.2, -0.15) is 0 Å². The van der Waals surface area contributed by atoms with Gasteiger partial charge >= 0.3 is 0 Å². The summed E-state index contributed by atoms with van der Waals surface area (Å²) in [7, 11) is 0. The minimum atomic E-state index is 0.340. The molecule has 58 valence electrons. The first kappa shape index (κ1) is 6.86. The van der Waals surface area contributed by atoms with Crippen LogP contribution in [0.2, 0.25) is 0 Å². The van der Waals surface area contributed by atoms with Gasteiger partial charge in [-0.3, -0.25) is 0 Å². The van der Waals surface area contributed by atoms with Gasteiger partial charge in [-0.1, -0.05) is 31.2 Å². The van der Waals surface area contributed by atoms with Gasteiger partial charge in [-0.15, -0.1) is 0 Å². The van der Waals surface area contributed by atoms with Crippen molar-refractivity contribution in [3.05, 3.63) is 35.4 Å². The highest BCUT2D eigenvalue weighted by Gasteiger charge is 2.24. The van der Waals surface area contributed by atoms with Crippen molar-refractivity contribution in [2.75, 3.05) is 0 Å². The normalized spacial score (nSPS) is 28.5. The van der Waals surface area contributed by atoms with Crippen LogP contribution in [-0.2, 0) is 6.42 Å².